The van der Waals surface area contributed by atoms with E-state index in [-0.39, 0.29) is 10.6 Å². The average molecular weight is 267 g/mol. The lowest BCUT2D eigenvalue weighted by Crippen LogP contribution is -2.03. The fourth-order valence-corrected chi connectivity index (χ4v) is 1.52. The third-order valence-corrected chi connectivity index (χ3v) is 2.56. The molecule has 1 aromatic carbocycles. The number of aromatic carboxylic acids is 1. The van der Waals surface area contributed by atoms with Gasteiger partial charge >= 0.3 is 5.97 Å². The molecule has 0 unspecified atom stereocenters. The van der Waals surface area contributed by atoms with Crippen molar-refractivity contribution in [2.75, 3.05) is 5.32 Å². The van der Waals surface area contributed by atoms with Crippen LogP contribution in [0.3, 0.4) is 0 Å². The van der Waals surface area contributed by atoms with Gasteiger partial charge in [0.25, 0.3) is 0 Å². The Morgan fingerprint density at radius 2 is 2.17 bits per heavy atom. The number of anilines is 2. The van der Waals surface area contributed by atoms with Crippen LogP contribution in [-0.2, 0) is 0 Å². The summed E-state index contributed by atoms with van der Waals surface area (Å²) < 4.78 is 13.2. The minimum absolute atomic E-state index is 0.00728. The van der Waals surface area contributed by atoms with Gasteiger partial charge in [0, 0.05) is 18.1 Å². The highest BCUT2D eigenvalue weighted by molar-refractivity contribution is 6.30. The summed E-state index contributed by atoms with van der Waals surface area (Å²) in [5.74, 6) is -1.69. The number of carboxylic acid groups (broad SMARTS) is 1. The second kappa shape index (κ2) is 5.01. The molecule has 0 aliphatic heterocycles. The molecule has 0 saturated heterocycles. The monoisotopic (exact) mass is 266 g/mol. The summed E-state index contributed by atoms with van der Waals surface area (Å²) in [4.78, 5) is 14.7. The van der Waals surface area contributed by atoms with Crippen LogP contribution >= 0.6 is 11.6 Å². The fraction of sp³-hybridized carbons (Fsp3) is 0. The van der Waals surface area contributed by atoms with E-state index in [1.807, 2.05) is 0 Å². The standard InChI is InChI=1S/C12H8ClFN2O2/c13-9-2-1-7(5-10(9)14)16-11-3-4-15-6-8(11)12(17)18/h1-6H,(H,15,16)(H,17,18). The van der Waals surface area contributed by atoms with E-state index in [1.54, 1.807) is 6.07 Å². The van der Waals surface area contributed by atoms with Gasteiger partial charge < -0.3 is 10.4 Å². The molecule has 0 aliphatic rings. The molecule has 4 nitrogen and oxygen atoms in total. The number of nitrogens with one attached hydrogen (secondary N) is 1. The van der Waals surface area contributed by atoms with Crippen molar-refractivity contribution in [1.82, 2.24) is 4.98 Å². The maximum absolute atomic E-state index is 13.2. The van der Waals surface area contributed by atoms with Crippen molar-refractivity contribution in [3.05, 3.63) is 53.1 Å². The largest absolute Gasteiger partial charge is 0.478 e. The number of pyridine rings is 1. The van der Waals surface area contributed by atoms with Crippen molar-refractivity contribution < 1.29 is 14.3 Å². The highest BCUT2D eigenvalue weighted by Gasteiger charge is 2.10. The fourth-order valence-electron chi connectivity index (χ4n) is 1.40. The second-order valence-corrected chi connectivity index (χ2v) is 3.89. The number of aromatic nitrogens is 1. The Hall–Kier alpha value is -2.14. The molecule has 0 bridgehead atoms. The first-order valence-electron chi connectivity index (χ1n) is 4.97. The number of rotatable bonds is 3. The molecule has 0 fully saturated rings. The van der Waals surface area contributed by atoms with Crippen LogP contribution in [0.25, 0.3) is 0 Å². The van der Waals surface area contributed by atoms with Crippen molar-refractivity contribution in [2.24, 2.45) is 0 Å². The molecule has 0 amide bonds. The van der Waals surface area contributed by atoms with E-state index in [0.29, 0.717) is 11.4 Å². The number of carboxylic acids is 1. The third kappa shape index (κ3) is 2.57. The minimum atomic E-state index is -1.11. The smallest absolute Gasteiger partial charge is 0.339 e. The van der Waals surface area contributed by atoms with Gasteiger partial charge in [0.2, 0.25) is 0 Å². The molecule has 0 radical (unpaired) electrons. The van der Waals surface area contributed by atoms with Crippen molar-refractivity contribution in [2.45, 2.75) is 0 Å². The molecule has 1 heterocycles. The maximum atomic E-state index is 13.2. The van der Waals surface area contributed by atoms with Crippen LogP contribution in [0.4, 0.5) is 15.8 Å². The highest BCUT2D eigenvalue weighted by atomic mass is 35.5. The molecular formula is C12H8ClFN2O2. The van der Waals surface area contributed by atoms with Gasteiger partial charge in [0.05, 0.1) is 10.7 Å². The first-order valence-corrected chi connectivity index (χ1v) is 5.35. The van der Waals surface area contributed by atoms with E-state index in [2.05, 4.69) is 10.3 Å². The van der Waals surface area contributed by atoms with E-state index in [4.69, 9.17) is 16.7 Å². The summed E-state index contributed by atoms with van der Waals surface area (Å²) in [6.45, 7) is 0. The first-order chi connectivity index (χ1) is 8.58. The van der Waals surface area contributed by atoms with Gasteiger partial charge in [0.15, 0.2) is 0 Å². The third-order valence-electron chi connectivity index (χ3n) is 2.25. The Morgan fingerprint density at radius 3 is 2.83 bits per heavy atom. The number of hydrogen-bond acceptors (Lipinski definition) is 3. The Bertz CT molecular complexity index is 604. The van der Waals surface area contributed by atoms with Crippen LogP contribution in [-0.4, -0.2) is 16.1 Å². The van der Waals surface area contributed by atoms with Gasteiger partial charge in [0.1, 0.15) is 11.4 Å². The summed E-state index contributed by atoms with van der Waals surface area (Å²) >= 11 is 5.56. The Morgan fingerprint density at radius 1 is 1.39 bits per heavy atom. The summed E-state index contributed by atoms with van der Waals surface area (Å²) in [6, 6.07) is 5.63. The minimum Gasteiger partial charge on any atom is -0.478 e. The number of hydrogen-bond donors (Lipinski definition) is 2. The predicted octanol–water partition coefficient (Wildman–Crippen LogP) is 3.32. The molecule has 0 atom stereocenters. The lowest BCUT2D eigenvalue weighted by molar-refractivity contribution is 0.0697. The van der Waals surface area contributed by atoms with Crippen LogP contribution in [0.1, 0.15) is 10.4 Å². The first kappa shape index (κ1) is 12.3. The Balaban J connectivity index is 2.34. The van der Waals surface area contributed by atoms with Crippen LogP contribution in [0.2, 0.25) is 5.02 Å². The molecule has 2 aromatic rings. The van der Waals surface area contributed by atoms with Crippen LogP contribution in [0.5, 0.6) is 0 Å². The Kier molecular flexibility index (Phi) is 3.43. The molecule has 18 heavy (non-hydrogen) atoms. The van der Waals surface area contributed by atoms with Crippen molar-refractivity contribution >= 4 is 28.9 Å². The molecule has 0 saturated carbocycles. The molecular weight excluding hydrogens is 259 g/mol. The molecule has 2 rings (SSSR count). The lowest BCUT2D eigenvalue weighted by atomic mass is 10.2. The van der Waals surface area contributed by atoms with Crippen LogP contribution < -0.4 is 5.32 Å². The van der Waals surface area contributed by atoms with Gasteiger partial charge in [-0.2, -0.15) is 0 Å². The molecule has 1 aromatic heterocycles. The number of halogens is 2. The van der Waals surface area contributed by atoms with Gasteiger partial charge in [-0.1, -0.05) is 11.6 Å². The normalized spacial score (nSPS) is 10.1. The van der Waals surface area contributed by atoms with Gasteiger partial charge in [-0.25, -0.2) is 9.18 Å². The van der Waals surface area contributed by atoms with Crippen molar-refractivity contribution in [1.29, 1.82) is 0 Å². The molecule has 2 N–H and O–H groups in total. The van der Waals surface area contributed by atoms with Gasteiger partial charge in [-0.05, 0) is 24.3 Å². The van der Waals surface area contributed by atoms with Crippen molar-refractivity contribution in [3.63, 3.8) is 0 Å². The van der Waals surface area contributed by atoms with E-state index in [1.165, 1.54) is 30.6 Å². The summed E-state index contributed by atoms with van der Waals surface area (Å²) in [5.41, 5.74) is 0.748. The second-order valence-electron chi connectivity index (χ2n) is 3.48. The zero-order valence-electron chi connectivity index (χ0n) is 9.02. The number of nitrogens with zero attached hydrogens (tertiary/aromatic N) is 1. The van der Waals surface area contributed by atoms with E-state index in [0.717, 1.165) is 0 Å². The highest BCUT2D eigenvalue weighted by Crippen LogP contribution is 2.23. The summed E-state index contributed by atoms with van der Waals surface area (Å²) in [5, 5.41) is 11.8. The topological polar surface area (TPSA) is 62.2 Å². The Labute approximate surface area is 107 Å². The molecule has 6 heteroatoms. The zero-order valence-corrected chi connectivity index (χ0v) is 9.78. The molecule has 92 valence electrons. The predicted molar refractivity (Wildman–Crippen MR) is 65.9 cm³/mol. The van der Waals surface area contributed by atoms with Crippen LogP contribution in [0.15, 0.2) is 36.7 Å². The van der Waals surface area contributed by atoms with Gasteiger partial charge in [-0.3, -0.25) is 4.98 Å². The zero-order chi connectivity index (χ0) is 13.1. The molecule has 0 spiro atoms. The quantitative estimate of drug-likeness (QED) is 0.895. The summed E-state index contributed by atoms with van der Waals surface area (Å²) in [7, 11) is 0. The number of benzene rings is 1. The maximum Gasteiger partial charge on any atom is 0.339 e. The SMILES string of the molecule is O=C(O)c1cnccc1Nc1ccc(Cl)c(F)c1. The molecule has 0 aliphatic carbocycles. The number of carbonyl (C=O) groups is 1. The van der Waals surface area contributed by atoms with Crippen LogP contribution in [0, 0.1) is 5.82 Å². The van der Waals surface area contributed by atoms with Crippen molar-refractivity contribution in [3.8, 4) is 0 Å². The lowest BCUT2D eigenvalue weighted by Gasteiger charge is -2.09. The van der Waals surface area contributed by atoms with Gasteiger partial charge in [-0.15, -0.1) is 0 Å². The average Bonchev–Trinajstić information content (AvgIpc) is 2.34. The van der Waals surface area contributed by atoms with E-state index >= 15 is 0 Å². The van der Waals surface area contributed by atoms with E-state index < -0.39 is 11.8 Å². The van der Waals surface area contributed by atoms with E-state index in [9.17, 15) is 9.18 Å². The summed E-state index contributed by atoms with van der Waals surface area (Å²) in [6.07, 6.45) is 2.66.